The van der Waals surface area contributed by atoms with Crippen molar-refractivity contribution in [3.63, 3.8) is 0 Å². The number of halogens is 1. The Kier molecular flexibility index (Phi) is 35.8. The van der Waals surface area contributed by atoms with E-state index in [1.54, 1.807) is 0 Å². The number of hydrogen-bond donors (Lipinski definition) is 0. The predicted molar refractivity (Wildman–Crippen MR) is 390 cm³/mol. The SMILES string of the molecule is C1CCCC1.C1CCCC1.CC(C)(C)N1C(c2ccccc2)N(C(C)(C)C)[SiH]1C1CCCC1.CC(C)(C)N1C(c2ccccc2)N(C(C)(C)C)[SiH]1C1CCCC1.CC(C)(C)N1C(c2ccccc2)N(C(C)(C)C)[SiH]1Cl.CC1CCCC1.CC1CCCC1.[Fe].[Fe].[Fe]. The van der Waals surface area contributed by atoms with Gasteiger partial charge < -0.3 is 0 Å². The van der Waals surface area contributed by atoms with Gasteiger partial charge in [-0.3, -0.25) is 27.4 Å². The third-order valence-corrected chi connectivity index (χ3v) is 34.4. The first kappa shape index (κ1) is 84.1. The minimum Gasteiger partial charge on any atom is -0.290 e. The molecule has 9 fully saturated rings. The first-order valence-electron chi connectivity index (χ1n) is 36.3. The zero-order chi connectivity index (χ0) is 64.0. The van der Waals surface area contributed by atoms with E-state index < -0.39 is 26.7 Å². The van der Waals surface area contributed by atoms with Crippen molar-refractivity contribution in [3.8, 4) is 0 Å². The van der Waals surface area contributed by atoms with Gasteiger partial charge in [0.05, 0.1) is 18.5 Å². The van der Waals surface area contributed by atoms with E-state index in [9.17, 15) is 0 Å². The number of rotatable bonds is 5. The van der Waals surface area contributed by atoms with E-state index in [1.807, 2.05) is 0 Å². The molecule has 13 heteroatoms. The van der Waals surface area contributed by atoms with Crippen molar-refractivity contribution in [1.29, 1.82) is 0 Å². The predicted octanol–water partition coefficient (Wildman–Crippen LogP) is 22.3. The molecule has 0 radical (unpaired) electrons. The monoisotopic (exact) mass is 1430 g/mol. The fourth-order valence-corrected chi connectivity index (χ4v) is 30.6. The first-order chi connectivity index (χ1) is 40.8. The van der Waals surface area contributed by atoms with Crippen molar-refractivity contribution in [2.24, 2.45) is 11.8 Å². The summed E-state index contributed by atoms with van der Waals surface area (Å²) in [5.41, 5.74) is 7.45. The zero-order valence-electron chi connectivity index (χ0n) is 61.4. The molecule has 3 aliphatic heterocycles. The fraction of sp³-hybridized carbons (Fsp3) is 0.766. The Morgan fingerprint density at radius 1 is 0.278 bits per heavy atom. The molecule has 3 aromatic rings. The van der Waals surface area contributed by atoms with Gasteiger partial charge in [-0.2, -0.15) is 0 Å². The summed E-state index contributed by atoms with van der Waals surface area (Å²) in [6.07, 6.45) is 39.7. The second-order valence-corrected chi connectivity index (χ2v) is 43.0. The Hall–Kier alpha value is -0.0809. The molecule has 0 aromatic heterocycles. The Morgan fingerprint density at radius 3 is 0.622 bits per heavy atom. The Bertz CT molecular complexity index is 2150. The topological polar surface area (TPSA) is 19.4 Å². The molecule has 0 amide bonds. The number of benzene rings is 3. The van der Waals surface area contributed by atoms with Crippen LogP contribution in [0.2, 0.25) is 11.1 Å². The molecule has 90 heavy (non-hydrogen) atoms. The van der Waals surface area contributed by atoms with E-state index in [0.29, 0.717) is 18.5 Å². The fourth-order valence-electron chi connectivity index (χ4n) is 16.1. The van der Waals surface area contributed by atoms with Crippen LogP contribution in [0.15, 0.2) is 91.0 Å². The van der Waals surface area contributed by atoms with Gasteiger partial charge in [0, 0.05) is 84.4 Å². The minimum absolute atomic E-state index is 0. The van der Waals surface area contributed by atoms with Crippen LogP contribution in [0.25, 0.3) is 0 Å². The minimum atomic E-state index is -1.54. The van der Waals surface area contributed by atoms with Gasteiger partial charge in [-0.1, -0.05) is 272 Å². The van der Waals surface area contributed by atoms with Gasteiger partial charge in [-0.25, -0.2) is 0 Å². The average molecular weight is 1430 g/mol. The van der Waals surface area contributed by atoms with E-state index in [-0.39, 0.29) is 84.4 Å². The van der Waals surface area contributed by atoms with E-state index >= 15 is 0 Å². The third kappa shape index (κ3) is 24.1. The molecule has 0 atom stereocenters. The summed E-state index contributed by atoms with van der Waals surface area (Å²) in [4.78, 5) is 0. The summed E-state index contributed by atoms with van der Waals surface area (Å²) in [5, 5.41) is 0. The van der Waals surface area contributed by atoms with Crippen molar-refractivity contribution < 1.29 is 51.2 Å². The standard InChI is InChI=1S/2C20H34N2Si.C15H25ClN2Si.2C6H12.2C5H10.3Fe/c2*1-19(2,3)21-18(16-12-8-7-9-13-16)22(20(4,5)6)23(21)17-14-10-11-15-17;1-14(2,3)17-13(12-10-8-7-9-11-12)18(19(17)16)15(4,5)6;2*1-6-4-2-3-5-6;2*1-2-4-5-3-1;;;/h2*7-9,12-13,17-18,23H,10-11,14-15H2,1-6H3;7-11,13,19H,1-6H3;2*6H,2-5H2,1H3;2*1-5H2;;;. The van der Waals surface area contributed by atoms with E-state index in [0.717, 1.165) is 22.9 Å². The maximum atomic E-state index is 6.79. The van der Waals surface area contributed by atoms with Gasteiger partial charge in [0.1, 0.15) is 0 Å². The second kappa shape index (κ2) is 38.3. The molecule has 0 unspecified atom stereocenters. The molecule has 518 valence electrons. The summed E-state index contributed by atoms with van der Waals surface area (Å²) < 4.78 is 16.7. The molecule has 12 rings (SSSR count). The van der Waals surface area contributed by atoms with Gasteiger partial charge in [0.2, 0.25) is 0 Å². The van der Waals surface area contributed by atoms with Crippen LogP contribution in [0, 0.1) is 11.8 Å². The molecule has 6 saturated carbocycles. The van der Waals surface area contributed by atoms with Crippen LogP contribution >= 0.6 is 11.1 Å². The van der Waals surface area contributed by atoms with Crippen LogP contribution < -0.4 is 0 Å². The average Bonchev–Trinajstić information content (AvgIpc) is 1.75. The molecule has 3 aromatic carbocycles. The van der Waals surface area contributed by atoms with E-state index in [1.165, 1.54) is 184 Å². The normalized spacial score (nSPS) is 26.0. The molecule has 9 aliphatic rings. The van der Waals surface area contributed by atoms with Crippen molar-refractivity contribution in [3.05, 3.63) is 108 Å². The van der Waals surface area contributed by atoms with Crippen LogP contribution in [0.1, 0.15) is 341 Å². The largest absolute Gasteiger partial charge is 0.295 e. The summed E-state index contributed by atoms with van der Waals surface area (Å²) in [6, 6.07) is 33.0. The number of nitrogens with zero attached hydrogens (tertiary/aromatic N) is 6. The van der Waals surface area contributed by atoms with Crippen LogP contribution in [-0.4, -0.2) is 87.3 Å². The van der Waals surface area contributed by atoms with Gasteiger partial charge >= 0.3 is 0 Å². The van der Waals surface area contributed by atoms with Gasteiger partial charge in [0.15, 0.2) is 18.2 Å². The molecular formula is C77H137ClFe3N6Si3. The molecule has 6 aliphatic carbocycles. The molecule has 6 nitrogen and oxygen atoms in total. The van der Waals surface area contributed by atoms with Crippen molar-refractivity contribution in [1.82, 2.24) is 27.4 Å². The Labute approximate surface area is 599 Å². The maximum absolute atomic E-state index is 6.79. The van der Waals surface area contributed by atoms with Crippen molar-refractivity contribution in [2.75, 3.05) is 0 Å². The second-order valence-electron chi connectivity index (χ2n) is 34.4. The van der Waals surface area contributed by atoms with Crippen molar-refractivity contribution in [2.45, 2.75) is 368 Å². The summed E-state index contributed by atoms with van der Waals surface area (Å²) in [7, 11) is -3.73. The molecule has 0 bridgehead atoms. The van der Waals surface area contributed by atoms with Crippen molar-refractivity contribution >= 4 is 37.7 Å². The summed E-state index contributed by atoms with van der Waals surface area (Å²) in [5.74, 6) is 2.09. The molecule has 0 spiro atoms. The first-order valence-corrected chi connectivity index (χ1v) is 42.5. The summed E-state index contributed by atoms with van der Waals surface area (Å²) in [6.45, 7) is 47.2. The van der Waals surface area contributed by atoms with Crippen LogP contribution in [0.3, 0.4) is 0 Å². The molecular weight excluding hydrogens is 1300 g/mol. The van der Waals surface area contributed by atoms with Crippen LogP contribution in [0.4, 0.5) is 0 Å². The third-order valence-electron chi connectivity index (χ3n) is 20.6. The quantitative estimate of drug-likeness (QED) is 0.186. The van der Waals surface area contributed by atoms with Gasteiger partial charge in [-0.05, 0) is 164 Å². The van der Waals surface area contributed by atoms with E-state index in [2.05, 4.69) is 257 Å². The molecule has 3 saturated heterocycles. The van der Waals surface area contributed by atoms with Crippen LogP contribution in [0.5, 0.6) is 0 Å². The smallest absolute Gasteiger partial charge is 0.290 e. The van der Waals surface area contributed by atoms with E-state index in [4.69, 9.17) is 11.1 Å². The Morgan fingerprint density at radius 2 is 0.456 bits per heavy atom. The zero-order valence-corrected chi connectivity index (χ0v) is 69.0. The maximum Gasteiger partial charge on any atom is 0.295 e. The Balaban J connectivity index is 0.000000296. The van der Waals surface area contributed by atoms with Gasteiger partial charge in [0.25, 0.3) is 8.43 Å². The summed E-state index contributed by atoms with van der Waals surface area (Å²) >= 11 is 6.79. The van der Waals surface area contributed by atoms with Crippen LogP contribution in [-0.2, 0) is 51.2 Å². The molecule has 3 heterocycles. The van der Waals surface area contributed by atoms with Gasteiger partial charge in [-0.15, -0.1) is 11.1 Å². The number of hydrogen-bond acceptors (Lipinski definition) is 6. The molecule has 0 N–H and O–H groups in total.